The number of thioether (sulfide) groups is 1. The first kappa shape index (κ1) is 13.9. The summed E-state index contributed by atoms with van der Waals surface area (Å²) in [7, 11) is 0. The largest absolute Gasteiger partial charge is 0.312 e. The third-order valence-electron chi connectivity index (χ3n) is 1.99. The SMILES string of the molecule is C=CCSCCNCc1ccc(Cl)cc1Cl. The Balaban J connectivity index is 2.24. The van der Waals surface area contributed by atoms with Gasteiger partial charge in [0.2, 0.25) is 0 Å². The van der Waals surface area contributed by atoms with Crippen LogP contribution in [0.4, 0.5) is 0 Å². The number of halogens is 2. The first-order chi connectivity index (χ1) is 7.74. The average Bonchev–Trinajstić information content (AvgIpc) is 2.26. The minimum Gasteiger partial charge on any atom is -0.312 e. The molecule has 0 unspecified atom stereocenters. The highest BCUT2D eigenvalue weighted by molar-refractivity contribution is 7.99. The molecule has 0 atom stereocenters. The fourth-order valence-corrected chi connectivity index (χ4v) is 2.30. The molecule has 0 aliphatic carbocycles. The molecule has 0 fully saturated rings. The highest BCUT2D eigenvalue weighted by atomic mass is 35.5. The predicted octanol–water partition coefficient (Wildman–Crippen LogP) is 4.00. The zero-order chi connectivity index (χ0) is 11.8. The van der Waals surface area contributed by atoms with Crippen LogP contribution in [-0.2, 0) is 6.54 Å². The molecular weight excluding hydrogens is 261 g/mol. The monoisotopic (exact) mass is 275 g/mol. The summed E-state index contributed by atoms with van der Waals surface area (Å²) >= 11 is 13.7. The molecule has 4 heteroatoms. The number of rotatable bonds is 7. The van der Waals surface area contributed by atoms with Crippen molar-refractivity contribution in [3.8, 4) is 0 Å². The summed E-state index contributed by atoms with van der Waals surface area (Å²) in [5.41, 5.74) is 1.08. The Morgan fingerprint density at radius 2 is 2.19 bits per heavy atom. The third kappa shape index (κ3) is 5.26. The van der Waals surface area contributed by atoms with E-state index in [2.05, 4.69) is 11.9 Å². The zero-order valence-electron chi connectivity index (χ0n) is 9.01. The van der Waals surface area contributed by atoms with Crippen molar-refractivity contribution in [3.63, 3.8) is 0 Å². The van der Waals surface area contributed by atoms with E-state index >= 15 is 0 Å². The molecule has 1 aromatic rings. The van der Waals surface area contributed by atoms with Gasteiger partial charge < -0.3 is 5.32 Å². The topological polar surface area (TPSA) is 12.0 Å². The van der Waals surface area contributed by atoms with Crippen LogP contribution in [0.5, 0.6) is 0 Å². The molecule has 0 aliphatic heterocycles. The van der Waals surface area contributed by atoms with Crippen molar-refractivity contribution in [1.29, 1.82) is 0 Å². The smallest absolute Gasteiger partial charge is 0.0465 e. The number of nitrogens with one attached hydrogen (secondary N) is 1. The van der Waals surface area contributed by atoms with Crippen LogP contribution in [0.2, 0.25) is 10.0 Å². The van der Waals surface area contributed by atoms with Gasteiger partial charge >= 0.3 is 0 Å². The van der Waals surface area contributed by atoms with Crippen LogP contribution in [0, 0.1) is 0 Å². The van der Waals surface area contributed by atoms with Gasteiger partial charge in [-0.3, -0.25) is 0 Å². The number of benzene rings is 1. The van der Waals surface area contributed by atoms with E-state index in [1.807, 2.05) is 30.0 Å². The van der Waals surface area contributed by atoms with Crippen molar-refractivity contribution >= 4 is 35.0 Å². The summed E-state index contributed by atoms with van der Waals surface area (Å²) in [6.07, 6.45) is 1.92. The summed E-state index contributed by atoms with van der Waals surface area (Å²) in [6, 6.07) is 5.58. The lowest BCUT2D eigenvalue weighted by atomic mass is 10.2. The lowest BCUT2D eigenvalue weighted by molar-refractivity contribution is 0.732. The summed E-state index contributed by atoms with van der Waals surface area (Å²) in [5.74, 6) is 2.08. The Kier molecular flexibility index (Phi) is 6.97. The summed E-state index contributed by atoms with van der Waals surface area (Å²) in [6.45, 7) is 5.43. The molecule has 0 aliphatic rings. The maximum Gasteiger partial charge on any atom is 0.0465 e. The maximum absolute atomic E-state index is 6.05. The minimum atomic E-state index is 0.676. The second kappa shape index (κ2) is 8.02. The highest BCUT2D eigenvalue weighted by Gasteiger charge is 2.00. The fraction of sp³-hybridized carbons (Fsp3) is 0.333. The van der Waals surface area contributed by atoms with Crippen LogP contribution in [0.15, 0.2) is 30.9 Å². The van der Waals surface area contributed by atoms with E-state index in [1.54, 1.807) is 6.07 Å². The quantitative estimate of drug-likeness (QED) is 0.596. The second-order valence-corrected chi connectivity index (χ2v) is 5.27. The lowest BCUT2D eigenvalue weighted by Crippen LogP contribution is -2.16. The van der Waals surface area contributed by atoms with Gasteiger partial charge in [0.1, 0.15) is 0 Å². The van der Waals surface area contributed by atoms with E-state index in [-0.39, 0.29) is 0 Å². The molecule has 1 nitrogen and oxygen atoms in total. The Morgan fingerprint density at radius 1 is 1.38 bits per heavy atom. The van der Waals surface area contributed by atoms with E-state index in [0.29, 0.717) is 5.02 Å². The lowest BCUT2D eigenvalue weighted by Gasteiger charge is -2.06. The van der Waals surface area contributed by atoms with Gasteiger partial charge in [-0.05, 0) is 17.7 Å². The summed E-state index contributed by atoms with van der Waals surface area (Å²) in [4.78, 5) is 0. The molecule has 1 rings (SSSR count). The second-order valence-electron chi connectivity index (χ2n) is 3.28. The van der Waals surface area contributed by atoms with E-state index in [4.69, 9.17) is 23.2 Å². The van der Waals surface area contributed by atoms with Crippen LogP contribution >= 0.6 is 35.0 Å². The Labute approximate surface area is 111 Å². The molecule has 0 amide bonds. The standard InChI is InChI=1S/C12H15Cl2NS/c1-2-6-16-7-5-15-9-10-3-4-11(13)8-12(10)14/h2-4,8,15H,1,5-7,9H2. The highest BCUT2D eigenvalue weighted by Crippen LogP contribution is 2.20. The summed E-state index contributed by atoms with van der Waals surface area (Å²) < 4.78 is 0. The van der Waals surface area contributed by atoms with E-state index < -0.39 is 0 Å². The van der Waals surface area contributed by atoms with Crippen molar-refractivity contribution in [2.45, 2.75) is 6.54 Å². The van der Waals surface area contributed by atoms with Crippen molar-refractivity contribution in [3.05, 3.63) is 46.5 Å². The van der Waals surface area contributed by atoms with E-state index in [0.717, 1.165) is 35.2 Å². The molecule has 0 bridgehead atoms. The normalized spacial score (nSPS) is 10.4. The molecule has 0 saturated carbocycles. The number of hydrogen-bond acceptors (Lipinski definition) is 2. The molecule has 0 heterocycles. The number of hydrogen-bond donors (Lipinski definition) is 1. The molecular formula is C12H15Cl2NS. The molecule has 0 spiro atoms. The Bertz CT molecular complexity index is 342. The van der Waals surface area contributed by atoms with Crippen LogP contribution in [0.25, 0.3) is 0 Å². The van der Waals surface area contributed by atoms with E-state index in [1.165, 1.54) is 0 Å². The minimum absolute atomic E-state index is 0.676. The van der Waals surface area contributed by atoms with Crippen molar-refractivity contribution in [1.82, 2.24) is 5.32 Å². The maximum atomic E-state index is 6.05. The molecule has 88 valence electrons. The van der Waals surface area contributed by atoms with Crippen molar-refractivity contribution in [2.75, 3.05) is 18.1 Å². The molecule has 1 N–H and O–H groups in total. The van der Waals surface area contributed by atoms with Crippen molar-refractivity contribution in [2.24, 2.45) is 0 Å². The van der Waals surface area contributed by atoms with Gasteiger partial charge in [0, 0.05) is 34.6 Å². The molecule has 0 saturated heterocycles. The van der Waals surface area contributed by atoms with Crippen LogP contribution < -0.4 is 5.32 Å². The Hall–Kier alpha value is -0.150. The fourth-order valence-electron chi connectivity index (χ4n) is 1.20. The van der Waals surface area contributed by atoms with Gasteiger partial charge in [0.15, 0.2) is 0 Å². The molecule has 16 heavy (non-hydrogen) atoms. The van der Waals surface area contributed by atoms with Crippen molar-refractivity contribution < 1.29 is 0 Å². The van der Waals surface area contributed by atoms with Gasteiger partial charge in [-0.15, -0.1) is 6.58 Å². The van der Waals surface area contributed by atoms with Crippen LogP contribution in [0.3, 0.4) is 0 Å². The van der Waals surface area contributed by atoms with E-state index in [9.17, 15) is 0 Å². The summed E-state index contributed by atoms with van der Waals surface area (Å²) in [5, 5.41) is 4.74. The third-order valence-corrected chi connectivity index (χ3v) is 3.54. The predicted molar refractivity (Wildman–Crippen MR) is 75.7 cm³/mol. The molecule has 0 radical (unpaired) electrons. The zero-order valence-corrected chi connectivity index (χ0v) is 11.3. The van der Waals surface area contributed by atoms with Gasteiger partial charge in [0.05, 0.1) is 0 Å². The van der Waals surface area contributed by atoms with Gasteiger partial charge in [-0.1, -0.05) is 35.3 Å². The van der Waals surface area contributed by atoms with Gasteiger partial charge in [0.25, 0.3) is 0 Å². The molecule has 0 aromatic heterocycles. The Morgan fingerprint density at radius 3 is 2.88 bits per heavy atom. The molecule has 1 aromatic carbocycles. The van der Waals surface area contributed by atoms with Crippen LogP contribution in [-0.4, -0.2) is 18.1 Å². The first-order valence-corrected chi connectivity index (χ1v) is 6.98. The van der Waals surface area contributed by atoms with Gasteiger partial charge in [-0.2, -0.15) is 11.8 Å². The first-order valence-electron chi connectivity index (χ1n) is 5.07. The average molecular weight is 276 g/mol. The van der Waals surface area contributed by atoms with Crippen LogP contribution in [0.1, 0.15) is 5.56 Å². The van der Waals surface area contributed by atoms with Gasteiger partial charge in [-0.25, -0.2) is 0 Å².